The first-order valence-electron chi connectivity index (χ1n) is 28.8. The maximum atomic E-state index is 15.1. The van der Waals surface area contributed by atoms with E-state index >= 15 is 50.5 Å². The summed E-state index contributed by atoms with van der Waals surface area (Å²) in [7, 11) is -27.3. The second-order valence-corrected chi connectivity index (χ2v) is 33.7. The highest BCUT2D eigenvalue weighted by atomic mass is 32.2. The van der Waals surface area contributed by atoms with Crippen LogP contribution in [0, 0.1) is 41.5 Å². The predicted octanol–water partition coefficient (Wildman–Crippen LogP) is 7.50. The van der Waals surface area contributed by atoms with E-state index in [9.17, 15) is 0 Å². The lowest BCUT2D eigenvalue weighted by molar-refractivity contribution is 0.218. The van der Waals surface area contributed by atoms with Gasteiger partial charge in [0.05, 0.1) is 29.4 Å². The summed E-state index contributed by atoms with van der Waals surface area (Å²) in [5, 5.41) is 0. The van der Waals surface area contributed by atoms with Crippen LogP contribution in [-0.2, 0) is 66.7 Å². The van der Waals surface area contributed by atoms with Crippen molar-refractivity contribution in [2.24, 2.45) is 0 Å². The van der Waals surface area contributed by atoms with Gasteiger partial charge in [0.25, 0.3) is 0 Å². The molecule has 0 N–H and O–H groups in total. The van der Waals surface area contributed by atoms with Crippen LogP contribution in [0.15, 0.2) is 205 Å². The highest BCUT2D eigenvalue weighted by Gasteiger charge is 2.36. The van der Waals surface area contributed by atoms with E-state index < -0.39 is 126 Å². The van der Waals surface area contributed by atoms with Gasteiger partial charge in [-0.25, -0.2) is 50.5 Å². The zero-order chi connectivity index (χ0) is 63.7. The van der Waals surface area contributed by atoms with Crippen molar-refractivity contribution >= 4 is 60.1 Å². The van der Waals surface area contributed by atoms with Crippen molar-refractivity contribution < 1.29 is 50.5 Å². The maximum absolute atomic E-state index is 15.1. The average Bonchev–Trinajstić information content (AvgIpc) is 3.25. The Kier molecular flexibility index (Phi) is 22.3. The van der Waals surface area contributed by atoms with Crippen molar-refractivity contribution in [1.29, 1.82) is 0 Å². The summed E-state index contributed by atoms with van der Waals surface area (Å²) < 4.78 is 188. The predicted molar refractivity (Wildman–Crippen MR) is 341 cm³/mol. The van der Waals surface area contributed by atoms with Gasteiger partial charge in [-0.1, -0.05) is 137 Å². The molecule has 0 bridgehead atoms. The summed E-state index contributed by atoms with van der Waals surface area (Å²) in [6.07, 6.45) is 0. The molecular weight excluding hydrogens is 1240 g/mol. The number of rotatable bonds is 14. The molecule has 0 aromatic heterocycles. The molecule has 0 radical (unpaired) electrons. The molecule has 0 unspecified atom stereocenters. The lowest BCUT2D eigenvalue weighted by Crippen LogP contribution is -2.48. The number of hydrogen-bond donors (Lipinski definition) is 0. The van der Waals surface area contributed by atoms with Crippen LogP contribution in [0.2, 0.25) is 0 Å². The van der Waals surface area contributed by atoms with Gasteiger partial charge in [0.15, 0.2) is 0 Å². The summed E-state index contributed by atoms with van der Waals surface area (Å²) >= 11 is 0. The minimum absolute atomic E-state index is 0.0229. The fraction of sp³-hybridized carbons (Fsp3) is 0.333. The number of aryl methyl sites for hydroxylation is 6. The Morgan fingerprint density at radius 2 is 0.386 bits per heavy atom. The fourth-order valence-corrected chi connectivity index (χ4v) is 18.5. The Bertz CT molecular complexity index is 3940. The van der Waals surface area contributed by atoms with Crippen LogP contribution in [0.3, 0.4) is 0 Å². The summed E-state index contributed by atoms with van der Waals surface area (Å²) in [4.78, 5) is 1.06. The Balaban J connectivity index is 1.31. The summed E-state index contributed by atoms with van der Waals surface area (Å²) in [5.74, 6) is 0. The van der Waals surface area contributed by atoms with Crippen LogP contribution in [0.4, 0.5) is 0 Å². The Hall–Kier alpha value is -6.04. The molecular formula is C63H77N7O12S6. The normalized spacial score (nSPS) is 17.3. The summed E-state index contributed by atoms with van der Waals surface area (Å²) in [6, 6.07) is 45.6. The van der Waals surface area contributed by atoms with Gasteiger partial charge < -0.3 is 0 Å². The SMILES string of the molecule is Cc1ccc(S(=O)(=O)N2CCN(Cc3ccccc3)CCN(S(=O)(=O)c3ccc(C)cc3)CCN(S(=O)(=O)c3ccc(C)cc3)CCN(S(=O)(=O)c3ccc(C)cc3)CCN(S(=O)(=O)c3ccc(C)cc3)CCN(S(=O)(=O)c3ccc(C)cc3)CC2)cc1. The minimum atomic E-state index is -4.61. The first-order chi connectivity index (χ1) is 41.6. The molecule has 472 valence electrons. The highest BCUT2D eigenvalue weighted by Crippen LogP contribution is 2.26. The van der Waals surface area contributed by atoms with E-state index in [-0.39, 0.29) is 62.1 Å². The molecule has 0 spiro atoms. The van der Waals surface area contributed by atoms with Crippen molar-refractivity contribution in [3.05, 3.63) is 215 Å². The summed E-state index contributed by atoms with van der Waals surface area (Å²) in [5.41, 5.74) is 5.35. The molecule has 0 amide bonds. The van der Waals surface area contributed by atoms with Crippen LogP contribution in [-0.4, -0.2) is 173 Å². The van der Waals surface area contributed by atoms with Crippen LogP contribution in [0.1, 0.15) is 38.9 Å². The lowest BCUT2D eigenvalue weighted by Gasteiger charge is -2.32. The topological polar surface area (TPSA) is 228 Å². The molecule has 8 rings (SSSR count). The van der Waals surface area contributed by atoms with Crippen molar-refractivity contribution in [2.75, 3.05) is 91.6 Å². The highest BCUT2D eigenvalue weighted by molar-refractivity contribution is 7.90. The van der Waals surface area contributed by atoms with Gasteiger partial charge in [0.2, 0.25) is 60.1 Å². The van der Waals surface area contributed by atoms with Crippen LogP contribution < -0.4 is 0 Å². The molecule has 25 heteroatoms. The summed E-state index contributed by atoms with van der Waals surface area (Å²) in [6.45, 7) is 5.15. The Morgan fingerprint density at radius 3 is 0.557 bits per heavy atom. The largest absolute Gasteiger partial charge is 0.296 e. The van der Waals surface area contributed by atoms with Gasteiger partial charge in [-0.05, 0) is 120 Å². The number of benzene rings is 7. The van der Waals surface area contributed by atoms with Crippen molar-refractivity contribution in [3.8, 4) is 0 Å². The Morgan fingerprint density at radius 1 is 0.227 bits per heavy atom. The minimum Gasteiger partial charge on any atom is -0.296 e. The van der Waals surface area contributed by atoms with Gasteiger partial charge in [0.1, 0.15) is 0 Å². The van der Waals surface area contributed by atoms with Gasteiger partial charge in [-0.15, -0.1) is 0 Å². The Labute approximate surface area is 521 Å². The third-order valence-corrected chi connectivity index (χ3v) is 27.0. The first kappa shape index (κ1) is 67.9. The number of hydrogen-bond acceptors (Lipinski definition) is 13. The monoisotopic (exact) mass is 1320 g/mol. The second-order valence-electron chi connectivity index (χ2n) is 22.1. The van der Waals surface area contributed by atoms with E-state index in [4.69, 9.17) is 0 Å². The van der Waals surface area contributed by atoms with Gasteiger partial charge in [-0.2, -0.15) is 25.8 Å². The molecule has 1 aliphatic rings. The smallest absolute Gasteiger partial charge is 0.243 e. The zero-order valence-electron chi connectivity index (χ0n) is 50.3. The van der Waals surface area contributed by atoms with Crippen LogP contribution in [0.5, 0.6) is 0 Å². The van der Waals surface area contributed by atoms with Crippen molar-refractivity contribution in [1.82, 2.24) is 30.7 Å². The molecule has 7 aromatic rings. The van der Waals surface area contributed by atoms with Crippen LogP contribution >= 0.6 is 0 Å². The standard InChI is InChI=1S/C63H77N7O12S6/c1-51-12-24-58(25-13-51)83(71,72)65-38-36-64(50-57-10-8-7-9-11-57)37-39-66(84(73,74)59-26-14-52(2)15-27-59)41-43-68(86(77,78)61-30-18-54(4)19-31-61)45-47-70(88(81,82)63-34-22-56(6)23-35-63)49-48-69(87(79,80)62-32-20-55(5)21-33-62)46-44-67(42-40-65)85(75,76)60-28-16-53(3)17-29-60/h7-35H,36-50H2,1-6H3. The molecule has 88 heavy (non-hydrogen) atoms. The molecule has 1 aliphatic heterocycles. The fourth-order valence-electron chi connectivity index (χ4n) is 10.0. The second kappa shape index (κ2) is 28.8. The molecule has 0 aliphatic carbocycles. The van der Waals surface area contributed by atoms with Gasteiger partial charge in [0, 0.05) is 98.2 Å². The van der Waals surface area contributed by atoms with Crippen molar-refractivity contribution in [3.63, 3.8) is 0 Å². The number of nitrogens with zero attached hydrogens (tertiary/aromatic N) is 7. The molecule has 7 aromatic carbocycles. The van der Waals surface area contributed by atoms with Gasteiger partial charge in [-0.3, -0.25) is 4.90 Å². The molecule has 0 atom stereocenters. The maximum Gasteiger partial charge on any atom is 0.243 e. The quantitative estimate of drug-likeness (QED) is 0.103. The molecule has 1 saturated heterocycles. The van der Waals surface area contributed by atoms with E-state index in [1.807, 2.05) is 35.2 Å². The van der Waals surface area contributed by atoms with E-state index in [0.29, 0.717) is 0 Å². The third kappa shape index (κ3) is 16.7. The van der Waals surface area contributed by atoms with Gasteiger partial charge >= 0.3 is 0 Å². The molecule has 1 heterocycles. The van der Waals surface area contributed by atoms with Crippen molar-refractivity contribution in [2.45, 2.75) is 77.5 Å². The number of sulfonamides is 6. The van der Waals surface area contributed by atoms with E-state index in [1.165, 1.54) is 81.4 Å². The lowest BCUT2D eigenvalue weighted by atomic mass is 10.2. The first-order valence-corrected chi connectivity index (χ1v) is 37.4. The van der Waals surface area contributed by atoms with E-state index in [0.717, 1.165) is 56.2 Å². The molecule has 19 nitrogen and oxygen atoms in total. The van der Waals surface area contributed by atoms with E-state index in [1.54, 1.807) is 114 Å². The molecule has 1 fully saturated rings. The average molecular weight is 1320 g/mol. The zero-order valence-corrected chi connectivity index (χ0v) is 55.2. The van der Waals surface area contributed by atoms with E-state index in [2.05, 4.69) is 0 Å². The third-order valence-electron chi connectivity index (χ3n) is 15.5. The molecule has 0 saturated carbocycles. The van der Waals surface area contributed by atoms with Crippen LogP contribution in [0.25, 0.3) is 0 Å².